The van der Waals surface area contributed by atoms with E-state index in [1.54, 1.807) is 60.7 Å². The van der Waals surface area contributed by atoms with Crippen LogP contribution in [0.2, 0.25) is 0 Å². The number of benzene rings is 2. The monoisotopic (exact) mass is 514 g/mol. The minimum Gasteiger partial charge on any atom is -0.481 e. The Morgan fingerprint density at radius 2 is 1.08 bits per heavy atom. The lowest BCUT2D eigenvalue weighted by molar-refractivity contribution is -0.147. The summed E-state index contributed by atoms with van der Waals surface area (Å²) in [6, 6.07) is 11.8. The lowest BCUT2D eigenvalue weighted by Gasteiger charge is -2.25. The first-order valence-electron chi connectivity index (χ1n) is 11.4. The van der Waals surface area contributed by atoms with Crippen molar-refractivity contribution in [3.8, 4) is 0 Å². The van der Waals surface area contributed by atoms with Crippen molar-refractivity contribution >= 4 is 29.7 Å². The Hall–Kier alpha value is -4.29. The quantitative estimate of drug-likeness (QED) is 0.161. The van der Waals surface area contributed by atoms with Crippen LogP contribution in [0.3, 0.4) is 0 Å². The van der Waals surface area contributed by atoms with Crippen LogP contribution in [0, 0.1) is 0 Å². The zero-order valence-electron chi connectivity index (χ0n) is 19.9. The van der Waals surface area contributed by atoms with Gasteiger partial charge >= 0.3 is 11.9 Å². The maximum absolute atomic E-state index is 13.3. The molecular weight excluding hydrogens is 484 g/mol. The van der Waals surface area contributed by atoms with Crippen LogP contribution in [0.4, 0.5) is 0 Å². The fourth-order valence-corrected chi connectivity index (χ4v) is 3.40. The number of carbonyl (C=O) groups is 5. The Bertz CT molecular complexity index is 1080. The number of carboxylic acids is 2. The zero-order chi connectivity index (χ0) is 27.4. The highest BCUT2D eigenvalue weighted by Crippen LogP contribution is 2.08. The van der Waals surface area contributed by atoms with Crippen molar-refractivity contribution in [3.05, 3.63) is 71.8 Å². The highest BCUT2D eigenvalue weighted by atomic mass is 16.4. The van der Waals surface area contributed by atoms with Gasteiger partial charge in [-0.2, -0.15) is 0 Å². The van der Waals surface area contributed by atoms with Gasteiger partial charge in [0.1, 0.15) is 24.2 Å². The van der Waals surface area contributed by atoms with E-state index in [1.807, 2.05) is 0 Å². The van der Waals surface area contributed by atoms with Crippen LogP contribution in [0.1, 0.15) is 17.5 Å². The third-order valence-electron chi connectivity index (χ3n) is 5.36. The fourth-order valence-electron chi connectivity index (χ4n) is 3.40. The molecule has 12 heteroatoms. The van der Waals surface area contributed by atoms with Crippen molar-refractivity contribution < 1.29 is 39.3 Å². The molecule has 2 aromatic carbocycles. The van der Waals surface area contributed by atoms with Crippen LogP contribution in [0.25, 0.3) is 0 Å². The first-order valence-corrected chi connectivity index (χ1v) is 11.4. The van der Waals surface area contributed by atoms with Gasteiger partial charge in [0.25, 0.3) is 0 Å². The van der Waals surface area contributed by atoms with Crippen molar-refractivity contribution in [1.82, 2.24) is 16.0 Å². The van der Waals surface area contributed by atoms with E-state index in [0.29, 0.717) is 11.1 Å². The molecule has 0 aromatic heterocycles. The molecule has 0 radical (unpaired) electrons. The number of carbonyl (C=O) groups excluding carboxylic acids is 3. The van der Waals surface area contributed by atoms with E-state index < -0.39 is 66.9 Å². The highest BCUT2D eigenvalue weighted by Gasteiger charge is 2.31. The summed E-state index contributed by atoms with van der Waals surface area (Å²) in [6.07, 6.45) is -0.869. The third kappa shape index (κ3) is 9.70. The number of aliphatic hydroxyl groups excluding tert-OH is 1. The number of nitrogens with one attached hydrogen (secondary N) is 3. The standard InChI is InChI=1S/C25H30N4O8/c26-17(14-30)22(33)27-18(11-15-7-3-1-4-8-15)23(34)28-19(12-16-9-5-2-6-10-16)24(35)29-20(25(36)37)13-21(31)32/h1-10,17-20,30H,11-14,26H2,(H,27,33)(H,28,34)(H,29,35)(H,31,32)(H,36,37)/t17-,18-,19-,20-/m0/s1. The van der Waals surface area contributed by atoms with Gasteiger partial charge in [0, 0.05) is 12.8 Å². The smallest absolute Gasteiger partial charge is 0.326 e. The number of hydrogen-bond donors (Lipinski definition) is 7. The maximum atomic E-state index is 13.3. The van der Waals surface area contributed by atoms with E-state index in [2.05, 4.69) is 16.0 Å². The van der Waals surface area contributed by atoms with Gasteiger partial charge in [-0.25, -0.2) is 4.79 Å². The molecule has 0 spiro atoms. The van der Waals surface area contributed by atoms with Crippen molar-refractivity contribution in [2.75, 3.05) is 6.61 Å². The number of carboxylic acid groups (broad SMARTS) is 2. The van der Waals surface area contributed by atoms with Crippen molar-refractivity contribution in [3.63, 3.8) is 0 Å². The highest BCUT2D eigenvalue weighted by molar-refractivity contribution is 5.95. The molecule has 0 bridgehead atoms. The van der Waals surface area contributed by atoms with Gasteiger partial charge in [0.05, 0.1) is 13.0 Å². The Kier molecular flexibility index (Phi) is 11.2. The minimum atomic E-state index is -1.72. The number of nitrogens with two attached hydrogens (primary N) is 1. The predicted molar refractivity (Wildman–Crippen MR) is 131 cm³/mol. The molecule has 0 fully saturated rings. The second kappa shape index (κ2) is 14.3. The zero-order valence-corrected chi connectivity index (χ0v) is 19.9. The molecule has 198 valence electrons. The molecule has 3 amide bonds. The van der Waals surface area contributed by atoms with Gasteiger partial charge in [-0.05, 0) is 11.1 Å². The predicted octanol–water partition coefficient (Wildman–Crippen LogP) is -1.19. The second-order valence-corrected chi connectivity index (χ2v) is 8.29. The van der Waals surface area contributed by atoms with Crippen LogP contribution in [-0.2, 0) is 36.8 Å². The van der Waals surface area contributed by atoms with Crippen molar-refractivity contribution in [1.29, 1.82) is 0 Å². The summed E-state index contributed by atoms with van der Waals surface area (Å²) in [5.74, 6) is -5.43. The first-order chi connectivity index (χ1) is 17.6. The number of hydrogen-bond acceptors (Lipinski definition) is 7. The van der Waals surface area contributed by atoms with Gasteiger partial charge < -0.3 is 37.0 Å². The second-order valence-electron chi connectivity index (χ2n) is 8.29. The Morgan fingerprint density at radius 1 is 0.676 bits per heavy atom. The van der Waals surface area contributed by atoms with Gasteiger partial charge in [-0.3, -0.25) is 19.2 Å². The van der Waals surface area contributed by atoms with Crippen LogP contribution < -0.4 is 21.7 Å². The molecular formula is C25H30N4O8. The van der Waals surface area contributed by atoms with E-state index >= 15 is 0 Å². The summed E-state index contributed by atoms with van der Waals surface area (Å²) in [6.45, 7) is -0.648. The van der Waals surface area contributed by atoms with E-state index in [1.165, 1.54) is 0 Å². The third-order valence-corrected chi connectivity index (χ3v) is 5.36. The molecule has 12 nitrogen and oxygen atoms in total. The van der Waals surface area contributed by atoms with Crippen LogP contribution in [-0.4, -0.2) is 75.8 Å². The molecule has 0 unspecified atom stereocenters. The topological polar surface area (TPSA) is 208 Å². The summed E-state index contributed by atoms with van der Waals surface area (Å²) < 4.78 is 0. The molecule has 0 aliphatic rings. The molecule has 2 aromatic rings. The first kappa shape index (κ1) is 28.9. The van der Waals surface area contributed by atoms with Gasteiger partial charge in [0.15, 0.2) is 0 Å². The summed E-state index contributed by atoms with van der Waals surface area (Å²) in [5.41, 5.74) is 6.90. The average molecular weight is 515 g/mol. The van der Waals surface area contributed by atoms with Crippen LogP contribution >= 0.6 is 0 Å². The molecule has 2 rings (SSSR count). The molecule has 4 atom stereocenters. The summed E-state index contributed by atoms with van der Waals surface area (Å²) in [5, 5.41) is 34.6. The summed E-state index contributed by atoms with van der Waals surface area (Å²) in [7, 11) is 0. The molecule has 37 heavy (non-hydrogen) atoms. The summed E-state index contributed by atoms with van der Waals surface area (Å²) >= 11 is 0. The lowest BCUT2D eigenvalue weighted by atomic mass is 10.0. The molecule has 0 heterocycles. The fraction of sp³-hybridized carbons (Fsp3) is 0.320. The number of aliphatic hydroxyl groups is 1. The van der Waals surface area contributed by atoms with Gasteiger partial charge in [-0.15, -0.1) is 0 Å². The molecule has 0 aliphatic heterocycles. The van der Waals surface area contributed by atoms with Crippen LogP contribution in [0.15, 0.2) is 60.7 Å². The Balaban J connectivity index is 2.29. The largest absolute Gasteiger partial charge is 0.481 e. The lowest BCUT2D eigenvalue weighted by Crippen LogP contribution is -2.58. The van der Waals surface area contributed by atoms with E-state index in [4.69, 9.17) is 10.8 Å². The van der Waals surface area contributed by atoms with E-state index in [-0.39, 0.29) is 12.8 Å². The SMILES string of the molecule is N[C@@H](CO)C(=O)N[C@@H](Cc1ccccc1)C(=O)N[C@@H](Cc1ccccc1)C(=O)N[C@@H](CC(=O)O)C(=O)O. The van der Waals surface area contributed by atoms with Crippen LogP contribution in [0.5, 0.6) is 0 Å². The Labute approximate surface area is 212 Å². The van der Waals surface area contributed by atoms with E-state index in [0.717, 1.165) is 0 Å². The molecule has 0 aliphatic carbocycles. The number of aliphatic carboxylic acids is 2. The van der Waals surface area contributed by atoms with E-state index in [9.17, 15) is 34.2 Å². The average Bonchev–Trinajstić information content (AvgIpc) is 2.87. The molecule has 0 saturated heterocycles. The maximum Gasteiger partial charge on any atom is 0.326 e. The molecule has 0 saturated carbocycles. The number of rotatable bonds is 14. The van der Waals surface area contributed by atoms with Gasteiger partial charge in [0.2, 0.25) is 17.7 Å². The molecule has 8 N–H and O–H groups in total. The Morgan fingerprint density at radius 3 is 1.46 bits per heavy atom. The summed E-state index contributed by atoms with van der Waals surface area (Å²) in [4.78, 5) is 61.1. The minimum absolute atomic E-state index is 0.0347. The normalized spacial score (nSPS) is 13.9. The van der Waals surface area contributed by atoms with Crippen molar-refractivity contribution in [2.45, 2.75) is 43.4 Å². The van der Waals surface area contributed by atoms with Gasteiger partial charge in [-0.1, -0.05) is 60.7 Å². The van der Waals surface area contributed by atoms with Crippen molar-refractivity contribution in [2.24, 2.45) is 5.73 Å². The number of amides is 3.